The highest BCUT2D eigenvalue weighted by Gasteiger charge is 2.36. The Balaban J connectivity index is 2.84. The van der Waals surface area contributed by atoms with Gasteiger partial charge in [-0.3, -0.25) is 9.69 Å². The molecular weight excluding hydrogens is 218 g/mol. The van der Waals surface area contributed by atoms with Crippen LogP contribution in [-0.4, -0.2) is 68.7 Å². The van der Waals surface area contributed by atoms with Gasteiger partial charge in [0.05, 0.1) is 6.61 Å². The zero-order valence-electron chi connectivity index (χ0n) is 11.4. The minimum Gasteiger partial charge on any atom is -0.383 e. The first-order valence-electron chi connectivity index (χ1n) is 6.09. The highest BCUT2D eigenvalue weighted by molar-refractivity contribution is 5.82. The molecule has 5 nitrogen and oxygen atoms in total. The summed E-state index contributed by atoms with van der Waals surface area (Å²) in [5, 5.41) is 0. The lowest BCUT2D eigenvalue weighted by Gasteiger charge is -2.29. The van der Waals surface area contributed by atoms with Crippen LogP contribution in [0.5, 0.6) is 0 Å². The van der Waals surface area contributed by atoms with E-state index in [0.717, 1.165) is 13.1 Å². The Hall–Kier alpha value is -0.650. The number of methoxy groups -OCH3 is 1. The van der Waals surface area contributed by atoms with E-state index in [-0.39, 0.29) is 17.4 Å². The maximum Gasteiger partial charge on any atom is 0.241 e. The molecule has 100 valence electrons. The third-order valence-corrected chi connectivity index (χ3v) is 3.21. The fourth-order valence-electron chi connectivity index (χ4n) is 2.50. The van der Waals surface area contributed by atoms with Crippen LogP contribution in [0.1, 0.15) is 13.8 Å². The Kier molecular flexibility index (Phi) is 4.91. The van der Waals surface area contributed by atoms with Crippen molar-refractivity contribution in [3.8, 4) is 0 Å². The van der Waals surface area contributed by atoms with Crippen molar-refractivity contribution in [2.75, 3.05) is 46.9 Å². The summed E-state index contributed by atoms with van der Waals surface area (Å²) < 4.78 is 5.06. The number of hydrogen-bond acceptors (Lipinski definition) is 4. The van der Waals surface area contributed by atoms with Crippen LogP contribution < -0.4 is 5.73 Å². The third-order valence-electron chi connectivity index (χ3n) is 3.21. The van der Waals surface area contributed by atoms with E-state index >= 15 is 0 Å². The number of carbonyl (C=O) groups is 1. The second-order valence-corrected chi connectivity index (χ2v) is 5.58. The first-order chi connectivity index (χ1) is 7.91. The second kappa shape index (κ2) is 5.80. The van der Waals surface area contributed by atoms with Crippen LogP contribution in [0.3, 0.4) is 0 Å². The van der Waals surface area contributed by atoms with Gasteiger partial charge in [-0.2, -0.15) is 0 Å². The first-order valence-corrected chi connectivity index (χ1v) is 6.09. The standard InChI is InChI=1S/C12H25N3O2/c1-12(2)8-14(3)10(7-13)11(16)15(9-12)5-6-17-4/h10H,5-9,13H2,1-4H3. The van der Waals surface area contributed by atoms with Crippen LogP contribution in [-0.2, 0) is 9.53 Å². The van der Waals surface area contributed by atoms with E-state index in [1.165, 1.54) is 0 Å². The highest BCUT2D eigenvalue weighted by atomic mass is 16.5. The van der Waals surface area contributed by atoms with Gasteiger partial charge >= 0.3 is 0 Å². The fourth-order valence-corrected chi connectivity index (χ4v) is 2.50. The van der Waals surface area contributed by atoms with Gasteiger partial charge in [0.15, 0.2) is 0 Å². The van der Waals surface area contributed by atoms with Crippen molar-refractivity contribution < 1.29 is 9.53 Å². The quantitative estimate of drug-likeness (QED) is 0.740. The number of likely N-dealkylation sites (N-methyl/N-ethyl adjacent to an activating group) is 1. The Bertz CT molecular complexity index is 268. The number of hydrogen-bond donors (Lipinski definition) is 1. The van der Waals surface area contributed by atoms with Crippen molar-refractivity contribution in [3.05, 3.63) is 0 Å². The van der Waals surface area contributed by atoms with Crippen molar-refractivity contribution in [2.45, 2.75) is 19.9 Å². The molecule has 0 aromatic heterocycles. The maximum absolute atomic E-state index is 12.3. The van der Waals surface area contributed by atoms with Gasteiger partial charge in [-0.1, -0.05) is 13.8 Å². The average Bonchev–Trinajstić information content (AvgIpc) is 2.30. The van der Waals surface area contributed by atoms with Crippen molar-refractivity contribution in [3.63, 3.8) is 0 Å². The van der Waals surface area contributed by atoms with E-state index in [0.29, 0.717) is 19.7 Å². The van der Waals surface area contributed by atoms with Crippen LogP contribution in [0.25, 0.3) is 0 Å². The number of carbonyl (C=O) groups excluding carboxylic acids is 1. The lowest BCUT2D eigenvalue weighted by atomic mass is 9.92. The molecule has 1 aliphatic heterocycles. The monoisotopic (exact) mass is 243 g/mol. The fraction of sp³-hybridized carbons (Fsp3) is 0.917. The maximum atomic E-state index is 12.3. The van der Waals surface area contributed by atoms with Gasteiger partial charge in [0.2, 0.25) is 5.91 Å². The molecule has 17 heavy (non-hydrogen) atoms. The van der Waals surface area contributed by atoms with Crippen LogP contribution in [0.15, 0.2) is 0 Å². The molecular formula is C12H25N3O2. The van der Waals surface area contributed by atoms with Crippen LogP contribution in [0.2, 0.25) is 0 Å². The topological polar surface area (TPSA) is 58.8 Å². The molecule has 1 rings (SSSR count). The van der Waals surface area contributed by atoms with Crippen molar-refractivity contribution in [1.82, 2.24) is 9.80 Å². The highest BCUT2D eigenvalue weighted by Crippen LogP contribution is 2.23. The predicted octanol–water partition coefficient (Wildman–Crippen LogP) is -0.240. The number of rotatable bonds is 4. The summed E-state index contributed by atoms with van der Waals surface area (Å²) in [5.74, 6) is 0.123. The van der Waals surface area contributed by atoms with Gasteiger partial charge in [-0.25, -0.2) is 0 Å². The normalized spacial score (nSPS) is 26.1. The molecule has 1 unspecified atom stereocenters. The number of amides is 1. The first kappa shape index (κ1) is 14.4. The summed E-state index contributed by atoms with van der Waals surface area (Å²) in [6.45, 7) is 7.58. The van der Waals surface area contributed by atoms with E-state index in [9.17, 15) is 4.79 Å². The van der Waals surface area contributed by atoms with Crippen molar-refractivity contribution >= 4 is 5.91 Å². The van der Waals surface area contributed by atoms with Gasteiger partial charge in [0, 0.05) is 33.3 Å². The van der Waals surface area contributed by atoms with E-state index in [4.69, 9.17) is 10.5 Å². The van der Waals surface area contributed by atoms with Gasteiger partial charge in [0.25, 0.3) is 0 Å². The Labute approximate surface area is 104 Å². The van der Waals surface area contributed by atoms with Gasteiger partial charge < -0.3 is 15.4 Å². The Morgan fingerprint density at radius 3 is 2.65 bits per heavy atom. The second-order valence-electron chi connectivity index (χ2n) is 5.58. The molecule has 1 saturated heterocycles. The average molecular weight is 243 g/mol. The number of nitrogens with zero attached hydrogens (tertiary/aromatic N) is 2. The molecule has 0 radical (unpaired) electrons. The van der Waals surface area contributed by atoms with Gasteiger partial charge in [-0.15, -0.1) is 0 Å². The van der Waals surface area contributed by atoms with Gasteiger partial charge in [0.1, 0.15) is 6.04 Å². The molecule has 0 bridgehead atoms. The summed E-state index contributed by atoms with van der Waals surface area (Å²) in [4.78, 5) is 16.3. The largest absolute Gasteiger partial charge is 0.383 e. The van der Waals surface area contributed by atoms with E-state index in [1.807, 2.05) is 11.9 Å². The summed E-state index contributed by atoms with van der Waals surface area (Å²) in [7, 11) is 3.62. The molecule has 2 N–H and O–H groups in total. The summed E-state index contributed by atoms with van der Waals surface area (Å²) >= 11 is 0. The number of nitrogens with two attached hydrogens (primary N) is 1. The molecule has 5 heteroatoms. The molecule has 0 aliphatic carbocycles. The molecule has 0 saturated carbocycles. The predicted molar refractivity (Wildman–Crippen MR) is 67.7 cm³/mol. The van der Waals surface area contributed by atoms with Crippen LogP contribution in [0.4, 0.5) is 0 Å². The molecule has 1 atom stereocenters. The van der Waals surface area contributed by atoms with Crippen LogP contribution >= 0.6 is 0 Å². The zero-order chi connectivity index (χ0) is 13.1. The van der Waals surface area contributed by atoms with Crippen molar-refractivity contribution in [1.29, 1.82) is 0 Å². The van der Waals surface area contributed by atoms with E-state index in [1.54, 1.807) is 7.11 Å². The minimum absolute atomic E-state index is 0.0854. The number of ether oxygens (including phenoxy) is 1. The minimum atomic E-state index is -0.200. The van der Waals surface area contributed by atoms with Crippen molar-refractivity contribution in [2.24, 2.45) is 11.1 Å². The molecule has 1 fully saturated rings. The molecule has 1 aliphatic rings. The lowest BCUT2D eigenvalue weighted by molar-refractivity contribution is -0.135. The summed E-state index contributed by atoms with van der Waals surface area (Å²) in [6, 6.07) is -0.200. The molecule has 0 aromatic carbocycles. The SMILES string of the molecule is COCCN1CC(C)(C)CN(C)C(CN)C1=O. The lowest BCUT2D eigenvalue weighted by Crippen LogP contribution is -2.49. The summed E-state index contributed by atoms with van der Waals surface area (Å²) in [5.41, 5.74) is 5.80. The van der Waals surface area contributed by atoms with E-state index < -0.39 is 0 Å². The van der Waals surface area contributed by atoms with E-state index in [2.05, 4.69) is 18.7 Å². The Morgan fingerprint density at radius 2 is 2.12 bits per heavy atom. The summed E-state index contributed by atoms with van der Waals surface area (Å²) in [6.07, 6.45) is 0. The van der Waals surface area contributed by atoms with Crippen LogP contribution in [0, 0.1) is 5.41 Å². The molecule has 1 amide bonds. The molecule has 0 aromatic rings. The third kappa shape index (κ3) is 3.66. The molecule has 0 spiro atoms. The Morgan fingerprint density at radius 1 is 1.47 bits per heavy atom. The molecule has 1 heterocycles. The zero-order valence-corrected chi connectivity index (χ0v) is 11.4. The smallest absolute Gasteiger partial charge is 0.241 e. The van der Waals surface area contributed by atoms with Gasteiger partial charge in [-0.05, 0) is 12.5 Å².